The number of ether oxygens (including phenoxy) is 1. The first-order valence-electron chi connectivity index (χ1n) is 7.57. The number of hydrogen-bond acceptors (Lipinski definition) is 3. The molecule has 120 valence electrons. The monoisotopic (exact) mass is 316 g/mol. The zero-order chi connectivity index (χ0) is 16.8. The number of benzene rings is 1. The van der Waals surface area contributed by atoms with Crippen molar-refractivity contribution in [2.45, 2.75) is 38.7 Å². The number of hydrogen-bond donors (Lipinski definition) is 2. The molecule has 0 spiro atoms. The van der Waals surface area contributed by atoms with Gasteiger partial charge in [-0.2, -0.15) is 5.26 Å². The summed E-state index contributed by atoms with van der Waals surface area (Å²) in [5.74, 6) is -1.65. The lowest BCUT2D eigenvalue weighted by Gasteiger charge is -2.33. The molecule has 0 fully saturated rings. The molecule has 1 aliphatic rings. The molecule has 0 aliphatic carbocycles. The number of halogens is 1. The van der Waals surface area contributed by atoms with E-state index in [0.29, 0.717) is 47.0 Å². The van der Waals surface area contributed by atoms with Gasteiger partial charge in [0.05, 0.1) is 23.4 Å². The summed E-state index contributed by atoms with van der Waals surface area (Å²) in [5, 5.41) is 19.6. The second-order valence-electron chi connectivity index (χ2n) is 5.87. The molecule has 1 aromatic heterocycles. The summed E-state index contributed by atoms with van der Waals surface area (Å²) in [7, 11) is 0. The van der Waals surface area contributed by atoms with Gasteiger partial charge in [0, 0.05) is 5.39 Å². The number of aryl methyl sites for hydroxylation is 1. The summed E-state index contributed by atoms with van der Waals surface area (Å²) in [4.78, 5) is 15.0. The van der Waals surface area contributed by atoms with Crippen molar-refractivity contribution in [2.75, 3.05) is 6.61 Å². The van der Waals surface area contributed by atoms with Crippen LogP contribution in [0.2, 0.25) is 0 Å². The van der Waals surface area contributed by atoms with Gasteiger partial charge in [-0.3, -0.25) is 0 Å². The molecule has 3 rings (SSSR count). The summed E-state index contributed by atoms with van der Waals surface area (Å²) < 4.78 is 19.8. The number of carbonyl (C=O) groups is 1. The predicted octanol–water partition coefficient (Wildman–Crippen LogP) is 3.14. The SMILES string of the molecule is CCCC1(C(=O)O)OCCc2c1[nH]c1c(C)cc(F)c(C#N)c21. The number of nitrogens with zero attached hydrogens (tertiary/aromatic N) is 1. The Morgan fingerprint density at radius 1 is 1.61 bits per heavy atom. The summed E-state index contributed by atoms with van der Waals surface area (Å²) >= 11 is 0. The van der Waals surface area contributed by atoms with Gasteiger partial charge in [-0.05, 0) is 37.0 Å². The van der Waals surface area contributed by atoms with Gasteiger partial charge in [-0.25, -0.2) is 9.18 Å². The average Bonchev–Trinajstić information content (AvgIpc) is 2.89. The highest BCUT2D eigenvalue weighted by molar-refractivity contribution is 5.95. The number of aliphatic carboxylic acids is 1. The standard InChI is InChI=1S/C17H17FN2O3/c1-3-5-17(16(21)22)15-10(4-6-23-17)13-11(8-19)12(18)7-9(2)14(13)20-15/h7,20H,3-6H2,1-2H3,(H,21,22). The topological polar surface area (TPSA) is 86.1 Å². The summed E-state index contributed by atoms with van der Waals surface area (Å²) in [6.07, 6.45) is 1.39. The molecular formula is C17H17FN2O3. The fraction of sp³-hybridized carbons (Fsp3) is 0.412. The van der Waals surface area contributed by atoms with Crippen molar-refractivity contribution in [1.29, 1.82) is 5.26 Å². The van der Waals surface area contributed by atoms with Crippen LogP contribution in [-0.4, -0.2) is 22.7 Å². The highest BCUT2D eigenvalue weighted by Crippen LogP contribution is 2.42. The van der Waals surface area contributed by atoms with E-state index in [1.807, 2.05) is 13.0 Å². The van der Waals surface area contributed by atoms with Gasteiger partial charge in [0.1, 0.15) is 11.9 Å². The van der Waals surface area contributed by atoms with Crippen LogP contribution in [0.25, 0.3) is 10.9 Å². The van der Waals surface area contributed by atoms with Crippen molar-refractivity contribution < 1.29 is 19.0 Å². The Hall–Kier alpha value is -2.39. The van der Waals surface area contributed by atoms with Gasteiger partial charge in [-0.1, -0.05) is 13.3 Å². The molecule has 2 aromatic rings. The van der Waals surface area contributed by atoms with E-state index < -0.39 is 17.4 Å². The Morgan fingerprint density at radius 3 is 2.96 bits per heavy atom. The smallest absolute Gasteiger partial charge is 0.342 e. The Labute approximate surface area is 132 Å². The molecule has 1 atom stereocenters. The van der Waals surface area contributed by atoms with E-state index in [1.165, 1.54) is 6.07 Å². The second-order valence-corrected chi connectivity index (χ2v) is 5.87. The van der Waals surface area contributed by atoms with Crippen LogP contribution >= 0.6 is 0 Å². The maximum Gasteiger partial charge on any atom is 0.342 e. The third-order valence-electron chi connectivity index (χ3n) is 4.49. The van der Waals surface area contributed by atoms with E-state index >= 15 is 0 Å². The second kappa shape index (κ2) is 5.36. The highest BCUT2D eigenvalue weighted by atomic mass is 19.1. The van der Waals surface area contributed by atoms with Crippen LogP contribution in [0.1, 0.15) is 42.1 Å². The van der Waals surface area contributed by atoms with Crippen molar-refractivity contribution in [1.82, 2.24) is 4.98 Å². The quantitative estimate of drug-likeness (QED) is 0.911. The molecule has 6 heteroatoms. The predicted molar refractivity (Wildman–Crippen MR) is 81.6 cm³/mol. The third kappa shape index (κ3) is 2.04. The fourth-order valence-electron chi connectivity index (χ4n) is 3.49. The molecule has 0 saturated heterocycles. The molecule has 1 unspecified atom stereocenters. The molecule has 0 radical (unpaired) electrons. The van der Waals surface area contributed by atoms with E-state index in [4.69, 9.17) is 4.74 Å². The van der Waals surface area contributed by atoms with Crippen molar-refractivity contribution >= 4 is 16.9 Å². The maximum absolute atomic E-state index is 14.1. The summed E-state index contributed by atoms with van der Waals surface area (Å²) in [5.41, 5.74) is 0.874. The Kier molecular flexibility index (Phi) is 3.61. The number of fused-ring (bicyclic) bond motifs is 3. The third-order valence-corrected chi connectivity index (χ3v) is 4.49. The zero-order valence-electron chi connectivity index (χ0n) is 13.0. The van der Waals surface area contributed by atoms with Crippen molar-refractivity contribution in [2.24, 2.45) is 0 Å². The fourth-order valence-corrected chi connectivity index (χ4v) is 3.49. The first kappa shape index (κ1) is 15.5. The molecule has 2 N–H and O–H groups in total. The van der Waals surface area contributed by atoms with Crippen LogP contribution in [-0.2, 0) is 21.6 Å². The van der Waals surface area contributed by atoms with Crippen molar-refractivity contribution in [3.05, 3.63) is 34.3 Å². The minimum atomic E-state index is -1.46. The van der Waals surface area contributed by atoms with E-state index in [1.54, 1.807) is 6.92 Å². The largest absolute Gasteiger partial charge is 0.479 e. The first-order valence-corrected chi connectivity index (χ1v) is 7.57. The lowest BCUT2D eigenvalue weighted by atomic mass is 9.87. The Morgan fingerprint density at radius 2 is 2.35 bits per heavy atom. The molecule has 1 aromatic carbocycles. The van der Waals surface area contributed by atoms with E-state index in [2.05, 4.69) is 4.98 Å². The van der Waals surface area contributed by atoms with Gasteiger partial charge in [-0.15, -0.1) is 0 Å². The van der Waals surface area contributed by atoms with E-state index in [9.17, 15) is 19.6 Å². The van der Waals surface area contributed by atoms with Crippen LogP contribution < -0.4 is 0 Å². The molecule has 5 nitrogen and oxygen atoms in total. The van der Waals surface area contributed by atoms with Crippen LogP contribution in [0.15, 0.2) is 6.07 Å². The molecular weight excluding hydrogens is 299 g/mol. The highest BCUT2D eigenvalue weighted by Gasteiger charge is 2.47. The lowest BCUT2D eigenvalue weighted by molar-refractivity contribution is -0.171. The number of aromatic nitrogens is 1. The minimum Gasteiger partial charge on any atom is -0.479 e. The van der Waals surface area contributed by atoms with Crippen molar-refractivity contribution in [3.8, 4) is 6.07 Å². The van der Waals surface area contributed by atoms with E-state index in [-0.39, 0.29) is 12.2 Å². The van der Waals surface area contributed by atoms with E-state index in [0.717, 1.165) is 0 Å². The lowest BCUT2D eigenvalue weighted by Crippen LogP contribution is -2.43. The van der Waals surface area contributed by atoms with Gasteiger partial charge in [0.25, 0.3) is 0 Å². The first-order chi connectivity index (χ1) is 11.0. The molecule has 23 heavy (non-hydrogen) atoms. The van der Waals surface area contributed by atoms with Crippen LogP contribution in [0, 0.1) is 24.1 Å². The average molecular weight is 316 g/mol. The number of H-pyrrole nitrogens is 1. The molecule has 0 bridgehead atoms. The summed E-state index contributed by atoms with van der Waals surface area (Å²) in [6.45, 7) is 3.85. The van der Waals surface area contributed by atoms with Gasteiger partial charge < -0.3 is 14.8 Å². The van der Waals surface area contributed by atoms with Crippen LogP contribution in [0.5, 0.6) is 0 Å². The maximum atomic E-state index is 14.1. The number of rotatable bonds is 3. The molecule has 1 aliphatic heterocycles. The van der Waals surface area contributed by atoms with Crippen LogP contribution in [0.3, 0.4) is 0 Å². The molecule has 2 heterocycles. The van der Waals surface area contributed by atoms with Crippen molar-refractivity contribution in [3.63, 3.8) is 0 Å². The molecule has 0 saturated carbocycles. The Bertz CT molecular complexity index is 850. The van der Waals surface area contributed by atoms with Crippen LogP contribution in [0.4, 0.5) is 4.39 Å². The van der Waals surface area contributed by atoms with Gasteiger partial charge in [0.15, 0.2) is 0 Å². The number of aromatic amines is 1. The molecule has 0 amide bonds. The normalized spacial score (nSPS) is 20.3. The number of carboxylic acid groups (broad SMARTS) is 1. The zero-order valence-corrected chi connectivity index (χ0v) is 13.0. The summed E-state index contributed by atoms with van der Waals surface area (Å²) in [6, 6.07) is 3.20. The number of nitriles is 1. The van der Waals surface area contributed by atoms with Gasteiger partial charge >= 0.3 is 5.97 Å². The minimum absolute atomic E-state index is 0.0409. The Balaban J connectivity index is 2.41. The number of nitrogens with one attached hydrogen (secondary N) is 1. The van der Waals surface area contributed by atoms with Gasteiger partial charge in [0.2, 0.25) is 5.60 Å². The number of carboxylic acids is 1.